The highest BCUT2D eigenvalue weighted by Crippen LogP contribution is 2.35. The Morgan fingerprint density at radius 2 is 1.91 bits per heavy atom. The summed E-state index contributed by atoms with van der Waals surface area (Å²) in [7, 11) is 1.59. The standard InChI is InChI=1S/C23H23BrN4O4.C2H6/c1-3-25-13-19(29)26-16-7-4-14(5-8-16)20-22-21(28(10-11-31-2)23(30)27-20)17-9-6-15(24)12-18(17)32-22;1-2/h4-9,12,25H,3,10-11,13H2,1-2H3,(H,26,29);1-2H3. The maximum absolute atomic E-state index is 12.9. The van der Waals surface area contributed by atoms with Crippen LogP contribution in [-0.4, -0.2) is 42.3 Å². The zero-order chi connectivity index (χ0) is 24.7. The molecule has 0 spiro atoms. The third kappa shape index (κ3) is 5.55. The van der Waals surface area contributed by atoms with Crippen LogP contribution in [0.2, 0.25) is 0 Å². The molecule has 0 radical (unpaired) electrons. The van der Waals surface area contributed by atoms with E-state index in [1.54, 1.807) is 23.8 Å². The zero-order valence-electron chi connectivity index (χ0n) is 19.8. The average Bonchev–Trinajstić information content (AvgIpc) is 3.22. The number of aromatic nitrogens is 2. The Morgan fingerprint density at radius 1 is 1.18 bits per heavy atom. The number of methoxy groups -OCH3 is 1. The lowest BCUT2D eigenvalue weighted by Crippen LogP contribution is -2.27. The number of carbonyl (C=O) groups is 1. The molecule has 0 aliphatic heterocycles. The predicted octanol–water partition coefficient (Wildman–Crippen LogP) is 4.79. The van der Waals surface area contributed by atoms with Crippen LogP contribution in [0.3, 0.4) is 0 Å². The van der Waals surface area contributed by atoms with Gasteiger partial charge in [0.25, 0.3) is 0 Å². The summed E-state index contributed by atoms with van der Waals surface area (Å²) in [6.07, 6.45) is 0. The number of likely N-dealkylation sites (N-methyl/N-ethyl adjacent to an activating group) is 1. The van der Waals surface area contributed by atoms with E-state index in [2.05, 4.69) is 31.5 Å². The lowest BCUT2D eigenvalue weighted by atomic mass is 10.1. The number of halogens is 1. The molecule has 0 saturated carbocycles. The Bertz CT molecular complexity index is 1330. The fourth-order valence-electron chi connectivity index (χ4n) is 3.53. The highest BCUT2D eigenvalue weighted by atomic mass is 79.9. The van der Waals surface area contributed by atoms with Gasteiger partial charge < -0.3 is 19.8 Å². The van der Waals surface area contributed by atoms with Gasteiger partial charge in [0.15, 0.2) is 5.58 Å². The van der Waals surface area contributed by atoms with Gasteiger partial charge in [-0.2, -0.15) is 4.98 Å². The lowest BCUT2D eigenvalue weighted by Gasteiger charge is -2.10. The minimum Gasteiger partial charge on any atom is -0.452 e. The van der Waals surface area contributed by atoms with Crippen LogP contribution < -0.4 is 16.3 Å². The molecule has 1 amide bonds. The highest BCUT2D eigenvalue weighted by molar-refractivity contribution is 9.10. The van der Waals surface area contributed by atoms with E-state index in [-0.39, 0.29) is 18.1 Å². The minimum atomic E-state index is -0.377. The van der Waals surface area contributed by atoms with Crippen LogP contribution in [-0.2, 0) is 16.1 Å². The third-order valence-electron chi connectivity index (χ3n) is 5.05. The van der Waals surface area contributed by atoms with Gasteiger partial charge in [0.2, 0.25) is 5.91 Å². The van der Waals surface area contributed by atoms with Gasteiger partial charge in [-0.15, -0.1) is 0 Å². The van der Waals surface area contributed by atoms with Crippen LogP contribution in [0.5, 0.6) is 0 Å². The molecule has 0 fully saturated rings. The summed E-state index contributed by atoms with van der Waals surface area (Å²) in [5, 5.41) is 6.64. The van der Waals surface area contributed by atoms with E-state index in [4.69, 9.17) is 9.15 Å². The molecule has 0 aliphatic carbocycles. The van der Waals surface area contributed by atoms with Gasteiger partial charge in [-0.25, -0.2) is 4.79 Å². The summed E-state index contributed by atoms with van der Waals surface area (Å²) >= 11 is 3.47. The number of ether oxygens (including phenoxy) is 1. The molecule has 8 nitrogen and oxygen atoms in total. The highest BCUT2D eigenvalue weighted by Gasteiger charge is 2.19. The predicted molar refractivity (Wildman–Crippen MR) is 139 cm³/mol. The van der Waals surface area contributed by atoms with E-state index >= 15 is 0 Å². The first-order valence-corrected chi connectivity index (χ1v) is 12.0. The largest absolute Gasteiger partial charge is 0.452 e. The first kappa shape index (κ1) is 25.6. The van der Waals surface area contributed by atoms with Crippen molar-refractivity contribution in [3.05, 3.63) is 57.4 Å². The first-order valence-electron chi connectivity index (χ1n) is 11.2. The normalized spacial score (nSPS) is 10.9. The number of carbonyl (C=O) groups excluding carboxylic acids is 1. The number of hydrogen-bond donors (Lipinski definition) is 2. The number of benzene rings is 2. The first-order chi connectivity index (χ1) is 16.5. The molecule has 0 atom stereocenters. The van der Waals surface area contributed by atoms with Gasteiger partial charge >= 0.3 is 5.69 Å². The number of furan rings is 1. The Kier molecular flexibility index (Phi) is 8.98. The van der Waals surface area contributed by atoms with Crippen molar-refractivity contribution in [1.82, 2.24) is 14.9 Å². The summed E-state index contributed by atoms with van der Waals surface area (Å²) in [5.74, 6) is -0.122. The summed E-state index contributed by atoms with van der Waals surface area (Å²) < 4.78 is 13.8. The van der Waals surface area contributed by atoms with Crippen molar-refractivity contribution < 1.29 is 13.9 Å². The average molecular weight is 529 g/mol. The number of amides is 1. The second-order valence-electron chi connectivity index (χ2n) is 7.21. The molecule has 2 heterocycles. The van der Waals surface area contributed by atoms with Gasteiger partial charge in [0.05, 0.1) is 19.7 Å². The quantitative estimate of drug-likeness (QED) is 0.341. The van der Waals surface area contributed by atoms with Gasteiger partial charge in [-0.1, -0.05) is 48.8 Å². The van der Waals surface area contributed by atoms with Crippen molar-refractivity contribution in [3.63, 3.8) is 0 Å². The molecular weight excluding hydrogens is 500 g/mol. The number of hydrogen-bond acceptors (Lipinski definition) is 6. The number of anilines is 1. The monoisotopic (exact) mass is 528 g/mol. The van der Waals surface area contributed by atoms with Crippen LogP contribution in [0.1, 0.15) is 20.8 Å². The van der Waals surface area contributed by atoms with Gasteiger partial charge in [0.1, 0.15) is 16.8 Å². The fourth-order valence-corrected chi connectivity index (χ4v) is 3.87. The molecule has 2 aromatic heterocycles. The molecule has 0 bridgehead atoms. The molecule has 9 heteroatoms. The lowest BCUT2D eigenvalue weighted by molar-refractivity contribution is -0.115. The molecule has 4 aromatic rings. The van der Waals surface area contributed by atoms with Gasteiger partial charge in [-0.3, -0.25) is 9.36 Å². The van der Waals surface area contributed by atoms with Crippen molar-refractivity contribution in [1.29, 1.82) is 0 Å². The van der Waals surface area contributed by atoms with E-state index < -0.39 is 0 Å². The zero-order valence-corrected chi connectivity index (χ0v) is 21.4. The van der Waals surface area contributed by atoms with Crippen LogP contribution in [0, 0.1) is 0 Å². The second-order valence-corrected chi connectivity index (χ2v) is 8.13. The smallest absolute Gasteiger partial charge is 0.348 e. The molecule has 0 unspecified atom stereocenters. The van der Waals surface area contributed by atoms with E-state index in [1.165, 1.54) is 0 Å². The molecule has 2 aromatic carbocycles. The fraction of sp³-hybridized carbons (Fsp3) is 0.320. The molecule has 180 valence electrons. The van der Waals surface area contributed by atoms with E-state index in [9.17, 15) is 9.59 Å². The topological polar surface area (TPSA) is 98.4 Å². The summed E-state index contributed by atoms with van der Waals surface area (Å²) in [6.45, 7) is 7.64. The van der Waals surface area contributed by atoms with Crippen molar-refractivity contribution >= 4 is 49.6 Å². The second kappa shape index (κ2) is 11.9. The van der Waals surface area contributed by atoms with E-state index in [0.717, 1.165) is 16.4 Å². The third-order valence-corrected chi connectivity index (χ3v) is 5.54. The van der Waals surface area contributed by atoms with Gasteiger partial charge in [0, 0.05) is 28.2 Å². The molecule has 2 N–H and O–H groups in total. The molecule has 0 aliphatic rings. The Balaban J connectivity index is 0.00000158. The van der Waals surface area contributed by atoms with E-state index in [0.29, 0.717) is 46.8 Å². The van der Waals surface area contributed by atoms with Crippen LogP contribution >= 0.6 is 15.9 Å². The van der Waals surface area contributed by atoms with Crippen molar-refractivity contribution in [2.45, 2.75) is 27.3 Å². The van der Waals surface area contributed by atoms with Crippen LogP contribution in [0.15, 0.2) is 56.1 Å². The number of nitrogens with one attached hydrogen (secondary N) is 2. The van der Waals surface area contributed by atoms with Crippen molar-refractivity contribution in [3.8, 4) is 11.3 Å². The number of fused-ring (bicyclic) bond motifs is 3. The van der Waals surface area contributed by atoms with Crippen LogP contribution in [0.4, 0.5) is 5.69 Å². The number of rotatable bonds is 8. The molecule has 0 saturated heterocycles. The summed E-state index contributed by atoms with van der Waals surface area (Å²) in [4.78, 5) is 29.2. The molecule has 34 heavy (non-hydrogen) atoms. The Labute approximate surface area is 206 Å². The SMILES string of the molecule is CC.CCNCC(=O)Nc1ccc(-c2nc(=O)n(CCOC)c3c2oc2cc(Br)ccc23)cc1. The maximum atomic E-state index is 12.9. The number of nitrogens with zero attached hydrogens (tertiary/aromatic N) is 2. The summed E-state index contributed by atoms with van der Waals surface area (Å²) in [6, 6.07) is 12.9. The minimum absolute atomic E-state index is 0.122. The van der Waals surface area contributed by atoms with E-state index in [1.807, 2.05) is 51.1 Å². The summed E-state index contributed by atoms with van der Waals surface area (Å²) in [5.41, 5.74) is 3.32. The Morgan fingerprint density at radius 3 is 2.59 bits per heavy atom. The molecular formula is C25H29BrN4O4. The Hall–Kier alpha value is -3.01. The van der Waals surface area contributed by atoms with Crippen LogP contribution in [0.25, 0.3) is 33.3 Å². The maximum Gasteiger partial charge on any atom is 0.348 e. The van der Waals surface area contributed by atoms with Crippen molar-refractivity contribution in [2.24, 2.45) is 0 Å². The van der Waals surface area contributed by atoms with Gasteiger partial charge in [-0.05, 0) is 36.9 Å². The molecule has 4 rings (SSSR count). The van der Waals surface area contributed by atoms with Crippen molar-refractivity contribution in [2.75, 3.05) is 32.1 Å².